The summed E-state index contributed by atoms with van der Waals surface area (Å²) >= 11 is 5.97. The highest BCUT2D eigenvalue weighted by Crippen LogP contribution is 2.25. The molecule has 0 atom stereocenters. The number of pyridine rings is 1. The van der Waals surface area contributed by atoms with Crippen molar-refractivity contribution in [3.63, 3.8) is 0 Å². The lowest BCUT2D eigenvalue weighted by Crippen LogP contribution is -2.57. The highest BCUT2D eigenvalue weighted by atomic mass is 35.5. The molecule has 2 heterocycles. The first-order valence-electron chi connectivity index (χ1n) is 6.15. The third-order valence-corrected chi connectivity index (χ3v) is 4.07. The molecular weight excluding hydrogens is 250 g/mol. The summed E-state index contributed by atoms with van der Waals surface area (Å²) in [7, 11) is 2.14. The molecule has 1 aliphatic heterocycles. The average molecular weight is 270 g/mol. The highest BCUT2D eigenvalue weighted by molar-refractivity contribution is 6.31. The normalized spacial score (nSPS) is 20.2. The summed E-state index contributed by atoms with van der Waals surface area (Å²) < 4.78 is 0. The molecular formula is C13H20ClN3O. The van der Waals surface area contributed by atoms with Crippen LogP contribution in [0.1, 0.15) is 19.4 Å². The van der Waals surface area contributed by atoms with Crippen LogP contribution >= 0.6 is 11.6 Å². The molecule has 1 saturated heterocycles. The Kier molecular flexibility index (Phi) is 3.80. The summed E-state index contributed by atoms with van der Waals surface area (Å²) in [4.78, 5) is 8.96. The maximum Gasteiger partial charge on any atom is 0.129 e. The van der Waals surface area contributed by atoms with Crippen molar-refractivity contribution in [2.24, 2.45) is 0 Å². The lowest BCUT2D eigenvalue weighted by atomic mass is 10.00. The van der Waals surface area contributed by atoms with Crippen LogP contribution in [0.4, 0.5) is 5.82 Å². The standard InChI is InChI=1S/C13H20ClN3O/c1-13(2)9-17(5-4-16(13)3)12-6-10(8-18)11(14)7-15-12/h6-7,18H,4-5,8-9H2,1-3H3. The van der Waals surface area contributed by atoms with Crippen molar-refractivity contribution in [3.8, 4) is 0 Å². The van der Waals surface area contributed by atoms with Crippen molar-refractivity contribution in [1.82, 2.24) is 9.88 Å². The second-order valence-corrected chi connectivity index (χ2v) is 5.85. The van der Waals surface area contributed by atoms with Crippen LogP contribution in [0.15, 0.2) is 12.3 Å². The number of aliphatic hydroxyl groups is 1. The summed E-state index contributed by atoms with van der Waals surface area (Å²) in [6.45, 7) is 7.27. The van der Waals surface area contributed by atoms with E-state index in [2.05, 4.69) is 35.7 Å². The van der Waals surface area contributed by atoms with E-state index in [1.807, 2.05) is 6.07 Å². The number of halogens is 1. The number of likely N-dealkylation sites (N-methyl/N-ethyl adjacent to an activating group) is 1. The molecule has 0 aromatic carbocycles. The molecule has 0 spiro atoms. The van der Waals surface area contributed by atoms with E-state index in [0.717, 1.165) is 31.0 Å². The lowest BCUT2D eigenvalue weighted by molar-refractivity contribution is 0.138. The van der Waals surface area contributed by atoms with Crippen LogP contribution in [0.2, 0.25) is 5.02 Å². The summed E-state index contributed by atoms with van der Waals surface area (Å²) in [5, 5.41) is 9.77. The van der Waals surface area contributed by atoms with Crippen LogP contribution in [0.25, 0.3) is 0 Å². The molecule has 1 aliphatic rings. The molecule has 18 heavy (non-hydrogen) atoms. The molecule has 2 rings (SSSR count). The zero-order valence-electron chi connectivity index (χ0n) is 11.1. The number of piperazine rings is 1. The van der Waals surface area contributed by atoms with Crippen molar-refractivity contribution in [2.75, 3.05) is 31.6 Å². The van der Waals surface area contributed by atoms with Crippen molar-refractivity contribution in [1.29, 1.82) is 0 Å². The second kappa shape index (κ2) is 5.03. The molecule has 1 aromatic heterocycles. The molecule has 1 fully saturated rings. The number of rotatable bonds is 2. The quantitative estimate of drug-likeness (QED) is 0.888. The molecule has 4 nitrogen and oxygen atoms in total. The van der Waals surface area contributed by atoms with Crippen LogP contribution < -0.4 is 4.90 Å². The predicted molar refractivity (Wildman–Crippen MR) is 74.1 cm³/mol. The van der Waals surface area contributed by atoms with Crippen molar-refractivity contribution in [2.45, 2.75) is 26.0 Å². The Labute approximate surface area is 113 Å². The van der Waals surface area contributed by atoms with E-state index >= 15 is 0 Å². The van der Waals surface area contributed by atoms with Gasteiger partial charge in [0.25, 0.3) is 0 Å². The van der Waals surface area contributed by atoms with E-state index < -0.39 is 0 Å². The molecule has 0 aliphatic carbocycles. The summed E-state index contributed by atoms with van der Waals surface area (Å²) in [6.07, 6.45) is 1.62. The van der Waals surface area contributed by atoms with E-state index in [4.69, 9.17) is 11.6 Å². The van der Waals surface area contributed by atoms with E-state index in [1.165, 1.54) is 0 Å². The van der Waals surface area contributed by atoms with Gasteiger partial charge >= 0.3 is 0 Å². The number of nitrogens with zero attached hydrogens (tertiary/aromatic N) is 3. The monoisotopic (exact) mass is 269 g/mol. The van der Waals surface area contributed by atoms with Gasteiger partial charge in [-0.25, -0.2) is 4.98 Å². The minimum atomic E-state index is -0.0501. The maximum atomic E-state index is 9.25. The fourth-order valence-electron chi connectivity index (χ4n) is 2.20. The van der Waals surface area contributed by atoms with Gasteiger partial charge in [0.05, 0.1) is 11.6 Å². The third-order valence-electron chi connectivity index (χ3n) is 3.73. The minimum absolute atomic E-state index is 0.0501. The van der Waals surface area contributed by atoms with Crippen LogP contribution in [0.5, 0.6) is 0 Å². The first-order valence-corrected chi connectivity index (χ1v) is 6.53. The van der Waals surface area contributed by atoms with E-state index in [9.17, 15) is 5.11 Å². The Morgan fingerprint density at radius 2 is 2.17 bits per heavy atom. The molecule has 0 radical (unpaired) electrons. The smallest absolute Gasteiger partial charge is 0.129 e. The minimum Gasteiger partial charge on any atom is -0.392 e. The molecule has 0 amide bonds. The SMILES string of the molecule is CN1CCN(c2cc(CO)c(Cl)cn2)CC1(C)C. The van der Waals surface area contributed by atoms with E-state index in [1.54, 1.807) is 6.20 Å². The molecule has 0 saturated carbocycles. The topological polar surface area (TPSA) is 39.6 Å². The van der Waals surface area contributed by atoms with Gasteiger partial charge in [0, 0.05) is 36.9 Å². The van der Waals surface area contributed by atoms with Crippen LogP contribution in [-0.4, -0.2) is 47.2 Å². The highest BCUT2D eigenvalue weighted by Gasteiger charge is 2.31. The van der Waals surface area contributed by atoms with Crippen LogP contribution in [-0.2, 0) is 6.61 Å². The van der Waals surface area contributed by atoms with Gasteiger partial charge < -0.3 is 10.0 Å². The molecule has 1 N–H and O–H groups in total. The molecule has 5 heteroatoms. The van der Waals surface area contributed by atoms with Gasteiger partial charge in [0.1, 0.15) is 5.82 Å². The number of aromatic nitrogens is 1. The Balaban J connectivity index is 2.22. The molecule has 100 valence electrons. The first-order chi connectivity index (χ1) is 8.44. The fourth-order valence-corrected chi connectivity index (χ4v) is 2.36. The van der Waals surface area contributed by atoms with Crippen molar-refractivity contribution < 1.29 is 5.11 Å². The van der Waals surface area contributed by atoms with Gasteiger partial charge in [-0.2, -0.15) is 0 Å². The number of anilines is 1. The zero-order valence-corrected chi connectivity index (χ0v) is 11.9. The first kappa shape index (κ1) is 13.6. The third kappa shape index (κ3) is 2.60. The Hall–Kier alpha value is -0.840. The number of hydrogen-bond donors (Lipinski definition) is 1. The molecule has 1 aromatic rings. The van der Waals surface area contributed by atoms with Crippen molar-refractivity contribution >= 4 is 17.4 Å². The Morgan fingerprint density at radius 1 is 1.44 bits per heavy atom. The fraction of sp³-hybridized carbons (Fsp3) is 0.615. The summed E-state index contributed by atoms with van der Waals surface area (Å²) in [5.41, 5.74) is 0.859. The van der Waals surface area contributed by atoms with Crippen molar-refractivity contribution in [3.05, 3.63) is 22.8 Å². The van der Waals surface area contributed by atoms with Gasteiger partial charge in [0.2, 0.25) is 0 Å². The zero-order chi connectivity index (χ0) is 13.3. The molecule has 0 unspecified atom stereocenters. The Morgan fingerprint density at radius 3 is 2.78 bits per heavy atom. The number of hydrogen-bond acceptors (Lipinski definition) is 4. The second-order valence-electron chi connectivity index (χ2n) is 5.45. The van der Waals surface area contributed by atoms with Gasteiger partial charge in [-0.3, -0.25) is 4.90 Å². The lowest BCUT2D eigenvalue weighted by Gasteiger charge is -2.45. The van der Waals surface area contributed by atoms with Gasteiger partial charge in [-0.1, -0.05) is 11.6 Å². The van der Waals surface area contributed by atoms with E-state index in [0.29, 0.717) is 5.02 Å². The van der Waals surface area contributed by atoms with Crippen LogP contribution in [0, 0.1) is 0 Å². The predicted octanol–water partition coefficient (Wildman–Crippen LogP) is 1.76. The Bertz CT molecular complexity index is 436. The average Bonchev–Trinajstić information content (AvgIpc) is 2.33. The summed E-state index contributed by atoms with van der Waals surface area (Å²) in [5.74, 6) is 0.893. The maximum absolute atomic E-state index is 9.25. The largest absolute Gasteiger partial charge is 0.392 e. The van der Waals surface area contributed by atoms with Gasteiger partial charge in [-0.05, 0) is 27.0 Å². The van der Waals surface area contributed by atoms with E-state index in [-0.39, 0.29) is 12.1 Å². The van der Waals surface area contributed by atoms with Crippen LogP contribution in [0.3, 0.4) is 0 Å². The van der Waals surface area contributed by atoms with Gasteiger partial charge in [0.15, 0.2) is 0 Å². The molecule has 0 bridgehead atoms. The number of aliphatic hydroxyl groups excluding tert-OH is 1. The van der Waals surface area contributed by atoms with Gasteiger partial charge in [-0.15, -0.1) is 0 Å². The summed E-state index contributed by atoms with van der Waals surface area (Å²) in [6, 6.07) is 1.88.